The van der Waals surface area contributed by atoms with Crippen LogP contribution in [0.3, 0.4) is 0 Å². The van der Waals surface area contributed by atoms with Crippen molar-refractivity contribution in [3.05, 3.63) is 33.8 Å². The van der Waals surface area contributed by atoms with Gasteiger partial charge in [0.05, 0.1) is 0 Å². The summed E-state index contributed by atoms with van der Waals surface area (Å²) in [6.07, 6.45) is 1.48. The summed E-state index contributed by atoms with van der Waals surface area (Å²) in [5.74, 6) is 1.70. The summed E-state index contributed by atoms with van der Waals surface area (Å²) in [7, 11) is 0. The predicted molar refractivity (Wildman–Crippen MR) is 90.9 cm³/mol. The lowest BCUT2D eigenvalue weighted by Crippen LogP contribution is -2.31. The normalized spacial score (nSPS) is 23.8. The number of fused-ring (bicyclic) bond motifs is 1. The van der Waals surface area contributed by atoms with Crippen molar-refractivity contribution in [1.82, 2.24) is 10.2 Å². The van der Waals surface area contributed by atoms with Crippen molar-refractivity contribution in [2.24, 2.45) is 11.8 Å². The Labute approximate surface area is 141 Å². The molecule has 2 aliphatic rings. The van der Waals surface area contributed by atoms with Gasteiger partial charge in [-0.2, -0.15) is 0 Å². The number of amides is 1. The van der Waals surface area contributed by atoms with Crippen LogP contribution in [0.4, 0.5) is 0 Å². The van der Waals surface area contributed by atoms with E-state index < -0.39 is 0 Å². The zero-order valence-corrected chi connectivity index (χ0v) is 14.7. The second-order valence-electron chi connectivity index (χ2n) is 6.06. The van der Waals surface area contributed by atoms with Gasteiger partial charge in [-0.25, -0.2) is 0 Å². The molecule has 116 valence electrons. The van der Waals surface area contributed by atoms with Gasteiger partial charge in [0.2, 0.25) is 5.91 Å². The summed E-state index contributed by atoms with van der Waals surface area (Å²) in [5, 5.41) is 3.41. The van der Waals surface area contributed by atoms with Gasteiger partial charge in [0.15, 0.2) is 0 Å². The molecule has 3 rings (SSSR count). The summed E-state index contributed by atoms with van der Waals surface area (Å²) in [6.45, 7) is 6.16. The number of benzene rings is 1. The molecule has 2 fully saturated rings. The van der Waals surface area contributed by atoms with Gasteiger partial charge in [-0.3, -0.25) is 4.79 Å². The van der Waals surface area contributed by atoms with Crippen LogP contribution in [0.25, 0.3) is 0 Å². The van der Waals surface area contributed by atoms with Crippen LogP contribution in [0, 0.1) is 18.8 Å². The van der Waals surface area contributed by atoms with Gasteiger partial charge in [-0.1, -0.05) is 28.1 Å². The number of aryl methyl sites for hydroxylation is 2. The van der Waals surface area contributed by atoms with Crippen LogP contribution >= 0.6 is 28.3 Å². The Bertz CT molecular complexity index is 511. The molecule has 0 saturated carbocycles. The van der Waals surface area contributed by atoms with E-state index in [9.17, 15) is 4.79 Å². The summed E-state index contributed by atoms with van der Waals surface area (Å²) in [4.78, 5) is 14.4. The molecule has 0 aromatic heterocycles. The third-order valence-corrected chi connectivity index (χ3v) is 5.48. The average molecular weight is 374 g/mol. The molecule has 1 aromatic rings. The van der Waals surface area contributed by atoms with Crippen molar-refractivity contribution in [2.75, 3.05) is 26.2 Å². The molecule has 21 heavy (non-hydrogen) atoms. The van der Waals surface area contributed by atoms with E-state index in [-0.39, 0.29) is 12.4 Å². The molecule has 0 unspecified atom stereocenters. The number of hydrogen-bond donors (Lipinski definition) is 1. The molecule has 0 spiro atoms. The molecule has 0 aliphatic carbocycles. The summed E-state index contributed by atoms with van der Waals surface area (Å²) < 4.78 is 1.13. The smallest absolute Gasteiger partial charge is 0.222 e. The van der Waals surface area contributed by atoms with E-state index in [1.54, 1.807) is 0 Å². The molecule has 2 atom stereocenters. The first-order chi connectivity index (χ1) is 9.63. The fourth-order valence-corrected chi connectivity index (χ4v) is 3.58. The molecular weight excluding hydrogens is 352 g/mol. The lowest BCUT2D eigenvalue weighted by molar-refractivity contribution is -0.130. The zero-order valence-electron chi connectivity index (χ0n) is 12.3. The van der Waals surface area contributed by atoms with E-state index >= 15 is 0 Å². The number of likely N-dealkylation sites (tertiary alicyclic amines) is 1. The zero-order chi connectivity index (χ0) is 14.1. The Balaban J connectivity index is 0.00000161. The Morgan fingerprint density at radius 1 is 1.33 bits per heavy atom. The SMILES string of the molecule is Cc1cc(CCC(=O)N2C[C@H]3CNC[C@H]3C2)ccc1Br.Cl. The van der Waals surface area contributed by atoms with Gasteiger partial charge in [-0.15, -0.1) is 12.4 Å². The summed E-state index contributed by atoms with van der Waals surface area (Å²) in [6, 6.07) is 6.34. The maximum Gasteiger partial charge on any atom is 0.222 e. The van der Waals surface area contributed by atoms with Gasteiger partial charge in [0, 0.05) is 37.1 Å². The van der Waals surface area contributed by atoms with Crippen LogP contribution in [0.1, 0.15) is 17.5 Å². The minimum absolute atomic E-state index is 0. The van der Waals surface area contributed by atoms with Gasteiger partial charge in [0.1, 0.15) is 0 Å². The highest BCUT2D eigenvalue weighted by molar-refractivity contribution is 9.10. The third-order valence-electron chi connectivity index (χ3n) is 4.59. The second kappa shape index (κ2) is 7.12. The first-order valence-electron chi connectivity index (χ1n) is 7.37. The molecule has 1 amide bonds. The van der Waals surface area contributed by atoms with Crippen molar-refractivity contribution in [3.8, 4) is 0 Å². The molecule has 1 aromatic carbocycles. The number of halogens is 2. The highest BCUT2D eigenvalue weighted by atomic mass is 79.9. The number of hydrogen-bond acceptors (Lipinski definition) is 2. The van der Waals surface area contributed by atoms with E-state index in [0.717, 1.165) is 37.1 Å². The second-order valence-corrected chi connectivity index (χ2v) is 6.92. The Kier molecular flexibility index (Phi) is 5.69. The van der Waals surface area contributed by atoms with E-state index in [4.69, 9.17) is 0 Å². The van der Waals surface area contributed by atoms with Crippen LogP contribution < -0.4 is 5.32 Å². The van der Waals surface area contributed by atoms with Crippen LogP contribution in [0.5, 0.6) is 0 Å². The molecule has 0 radical (unpaired) electrons. The first kappa shape index (κ1) is 16.8. The number of carbonyl (C=O) groups excluding carboxylic acids is 1. The van der Waals surface area contributed by atoms with E-state index in [0.29, 0.717) is 24.2 Å². The maximum absolute atomic E-state index is 12.3. The van der Waals surface area contributed by atoms with E-state index in [2.05, 4.69) is 51.3 Å². The summed E-state index contributed by atoms with van der Waals surface area (Å²) in [5.41, 5.74) is 2.48. The predicted octanol–water partition coefficient (Wildman–Crippen LogP) is 2.79. The average Bonchev–Trinajstić information content (AvgIpc) is 3.00. The Morgan fingerprint density at radius 3 is 2.62 bits per heavy atom. The molecule has 5 heteroatoms. The highest BCUT2D eigenvalue weighted by Crippen LogP contribution is 2.27. The van der Waals surface area contributed by atoms with Gasteiger partial charge in [-0.05, 0) is 42.4 Å². The topological polar surface area (TPSA) is 32.3 Å². The quantitative estimate of drug-likeness (QED) is 0.883. The standard InChI is InChI=1S/C16H21BrN2O.ClH/c1-11-6-12(2-4-15(11)17)3-5-16(20)19-9-13-7-18-8-14(13)10-19;/h2,4,6,13-14,18H,3,5,7-10H2,1H3;1H/t13-,14+;. The van der Waals surface area contributed by atoms with Crippen LogP contribution in [0.2, 0.25) is 0 Å². The molecule has 2 saturated heterocycles. The van der Waals surface area contributed by atoms with Gasteiger partial charge >= 0.3 is 0 Å². The number of carbonyl (C=O) groups is 1. The highest BCUT2D eigenvalue weighted by Gasteiger charge is 2.37. The fraction of sp³-hybridized carbons (Fsp3) is 0.562. The minimum atomic E-state index is 0. The monoisotopic (exact) mass is 372 g/mol. The van der Waals surface area contributed by atoms with Gasteiger partial charge in [0.25, 0.3) is 0 Å². The minimum Gasteiger partial charge on any atom is -0.342 e. The number of nitrogens with zero attached hydrogens (tertiary/aromatic N) is 1. The van der Waals surface area contributed by atoms with Crippen LogP contribution in [0.15, 0.2) is 22.7 Å². The van der Waals surface area contributed by atoms with Crippen molar-refractivity contribution < 1.29 is 4.79 Å². The third kappa shape index (κ3) is 3.79. The van der Waals surface area contributed by atoms with Crippen molar-refractivity contribution >= 4 is 34.2 Å². The first-order valence-corrected chi connectivity index (χ1v) is 8.16. The fourth-order valence-electron chi connectivity index (χ4n) is 3.33. The molecule has 2 aliphatic heterocycles. The lowest BCUT2D eigenvalue weighted by Gasteiger charge is -2.17. The van der Waals surface area contributed by atoms with Crippen molar-refractivity contribution in [3.63, 3.8) is 0 Å². The number of rotatable bonds is 3. The van der Waals surface area contributed by atoms with Crippen LogP contribution in [-0.2, 0) is 11.2 Å². The molecule has 3 nitrogen and oxygen atoms in total. The van der Waals surface area contributed by atoms with Crippen molar-refractivity contribution in [1.29, 1.82) is 0 Å². The maximum atomic E-state index is 12.3. The van der Waals surface area contributed by atoms with E-state index in [1.807, 2.05) is 0 Å². The molecular formula is C16H22BrClN2O. The van der Waals surface area contributed by atoms with Crippen LogP contribution in [-0.4, -0.2) is 37.0 Å². The van der Waals surface area contributed by atoms with Crippen molar-refractivity contribution in [2.45, 2.75) is 19.8 Å². The largest absolute Gasteiger partial charge is 0.342 e. The Morgan fingerprint density at radius 2 is 2.00 bits per heavy atom. The molecule has 0 bridgehead atoms. The molecule has 1 N–H and O–H groups in total. The van der Waals surface area contributed by atoms with E-state index in [1.165, 1.54) is 11.1 Å². The Hall–Kier alpha value is -0.580. The van der Waals surface area contributed by atoms with Gasteiger partial charge < -0.3 is 10.2 Å². The summed E-state index contributed by atoms with van der Waals surface area (Å²) >= 11 is 3.51. The lowest BCUT2D eigenvalue weighted by atomic mass is 10.0. The number of nitrogens with one attached hydrogen (secondary N) is 1. The molecule has 2 heterocycles.